The van der Waals surface area contributed by atoms with Crippen molar-refractivity contribution in [2.24, 2.45) is 17.8 Å². The highest BCUT2D eigenvalue weighted by molar-refractivity contribution is 6.31. The van der Waals surface area contributed by atoms with Gasteiger partial charge < -0.3 is 10.6 Å². The second kappa shape index (κ2) is 12.7. The van der Waals surface area contributed by atoms with Gasteiger partial charge in [-0.2, -0.15) is 0 Å². The molecule has 0 saturated carbocycles. The summed E-state index contributed by atoms with van der Waals surface area (Å²) in [4.78, 5) is 18.7. The first-order valence-corrected chi connectivity index (χ1v) is 15.9. The van der Waals surface area contributed by atoms with Crippen LogP contribution in [0.3, 0.4) is 0 Å². The van der Waals surface area contributed by atoms with Gasteiger partial charge in [0.1, 0.15) is 0 Å². The zero-order valence-electron chi connectivity index (χ0n) is 24.5. The molecule has 0 amide bonds. The lowest BCUT2D eigenvalue weighted by Crippen LogP contribution is -2.54. The van der Waals surface area contributed by atoms with Gasteiger partial charge in [0, 0.05) is 48.4 Å². The molecule has 0 aliphatic carbocycles. The van der Waals surface area contributed by atoms with E-state index in [0.717, 1.165) is 51.7 Å². The van der Waals surface area contributed by atoms with E-state index in [1.807, 2.05) is 10.6 Å². The van der Waals surface area contributed by atoms with Crippen molar-refractivity contribution in [1.82, 2.24) is 45.6 Å². The molecule has 42 heavy (non-hydrogen) atoms. The van der Waals surface area contributed by atoms with Crippen LogP contribution >= 0.6 is 23.2 Å². The number of piperidine rings is 1. The predicted octanol–water partition coefficient (Wildman–Crippen LogP) is 3.94. The number of fused-ring (bicyclic) bond motifs is 4. The number of hydrogen-bond donors (Lipinski definition) is 3. The van der Waals surface area contributed by atoms with Crippen molar-refractivity contribution in [3.63, 3.8) is 0 Å². The monoisotopic (exact) mass is 613 g/mol. The molecule has 2 bridgehead atoms. The van der Waals surface area contributed by atoms with E-state index in [1.54, 1.807) is 35.4 Å². The third-order valence-electron chi connectivity index (χ3n) is 9.65. The van der Waals surface area contributed by atoms with Gasteiger partial charge in [0.2, 0.25) is 0 Å². The number of aromatic nitrogens is 5. The predicted molar refractivity (Wildman–Crippen MR) is 166 cm³/mol. The molecule has 226 valence electrons. The Morgan fingerprint density at radius 1 is 1.05 bits per heavy atom. The summed E-state index contributed by atoms with van der Waals surface area (Å²) in [6, 6.07) is 8.08. The molecule has 3 aromatic rings. The molecule has 2 aromatic heterocycles. The fourth-order valence-corrected chi connectivity index (χ4v) is 7.64. The van der Waals surface area contributed by atoms with Crippen LogP contribution in [0.5, 0.6) is 0 Å². The van der Waals surface area contributed by atoms with Gasteiger partial charge in [-0.05, 0) is 74.7 Å². The molecule has 4 unspecified atom stereocenters. The van der Waals surface area contributed by atoms with Gasteiger partial charge in [0.05, 0.1) is 29.9 Å². The normalized spacial score (nSPS) is 29.2. The number of halogens is 2. The molecular formula is C30H41Cl2N9O. The first-order chi connectivity index (χ1) is 20.3. The third kappa shape index (κ3) is 6.16. The number of rotatable bonds is 4. The van der Waals surface area contributed by atoms with Crippen molar-refractivity contribution in [3.05, 3.63) is 57.3 Å². The number of hydrogen-bond acceptors (Lipinski definition) is 8. The quantitative estimate of drug-likeness (QED) is 0.406. The lowest BCUT2D eigenvalue weighted by molar-refractivity contribution is 0.106. The molecule has 1 aromatic carbocycles. The lowest BCUT2D eigenvalue weighted by atomic mass is 9.79. The minimum Gasteiger partial charge on any atom is -0.312 e. The Balaban J connectivity index is 1.34. The van der Waals surface area contributed by atoms with Crippen molar-refractivity contribution in [1.29, 1.82) is 0 Å². The Hall–Kier alpha value is -2.34. The van der Waals surface area contributed by atoms with Crippen molar-refractivity contribution in [2.45, 2.75) is 70.1 Å². The van der Waals surface area contributed by atoms with Gasteiger partial charge in [-0.15, -0.1) is 5.10 Å². The molecule has 12 heteroatoms. The van der Waals surface area contributed by atoms with Crippen LogP contribution in [-0.4, -0.2) is 74.4 Å². The Morgan fingerprint density at radius 3 is 2.67 bits per heavy atom. The molecule has 0 spiro atoms. The van der Waals surface area contributed by atoms with Crippen LogP contribution in [0.1, 0.15) is 52.0 Å². The van der Waals surface area contributed by atoms with Gasteiger partial charge in [0.15, 0.2) is 5.15 Å². The summed E-state index contributed by atoms with van der Waals surface area (Å²) in [6.45, 7) is 7.59. The molecule has 3 aliphatic rings. The van der Waals surface area contributed by atoms with Crippen molar-refractivity contribution in [2.75, 3.05) is 26.7 Å². The summed E-state index contributed by atoms with van der Waals surface area (Å²) in [7, 11) is 2.18. The van der Waals surface area contributed by atoms with Crippen molar-refractivity contribution >= 4 is 23.2 Å². The summed E-state index contributed by atoms with van der Waals surface area (Å²) in [5.74, 6) is 1.71. The minimum atomic E-state index is -0.0665. The van der Waals surface area contributed by atoms with Gasteiger partial charge in [-0.25, -0.2) is 14.7 Å². The number of benzene rings is 1. The van der Waals surface area contributed by atoms with Gasteiger partial charge in [0.25, 0.3) is 5.56 Å². The fourth-order valence-electron chi connectivity index (χ4n) is 7.34. The topological polar surface area (TPSA) is 105 Å². The Labute approximate surface area is 257 Å². The van der Waals surface area contributed by atoms with Crippen LogP contribution in [0.2, 0.25) is 10.2 Å². The lowest BCUT2D eigenvalue weighted by Gasteiger charge is -2.42. The Bertz CT molecular complexity index is 1440. The van der Waals surface area contributed by atoms with E-state index >= 15 is 0 Å². The van der Waals surface area contributed by atoms with Crippen LogP contribution in [0.25, 0.3) is 16.9 Å². The third-order valence-corrected chi connectivity index (χ3v) is 10.1. The molecule has 6 atom stereocenters. The summed E-state index contributed by atoms with van der Waals surface area (Å²) < 4.78 is 3.44. The summed E-state index contributed by atoms with van der Waals surface area (Å²) in [5, 5.41) is 18.9. The fraction of sp³-hybridized carbons (Fsp3) is 0.600. The number of likely N-dealkylation sites (N-methyl/N-ethyl adjacent to an activating group) is 1. The van der Waals surface area contributed by atoms with Crippen molar-refractivity contribution in [3.8, 4) is 16.9 Å². The molecule has 6 rings (SSSR count). The maximum Gasteiger partial charge on any atom is 0.254 e. The summed E-state index contributed by atoms with van der Waals surface area (Å²) in [6.07, 6.45) is 8.61. The average Bonchev–Trinajstić information content (AvgIpc) is 3.57. The highest BCUT2D eigenvalue weighted by Crippen LogP contribution is 2.34. The minimum absolute atomic E-state index is 0.0214. The van der Waals surface area contributed by atoms with Gasteiger partial charge in [-0.3, -0.25) is 14.8 Å². The second-order valence-corrected chi connectivity index (χ2v) is 13.3. The highest BCUT2D eigenvalue weighted by Gasteiger charge is 2.42. The number of nitrogens with one attached hydrogen (secondary N) is 3. The maximum atomic E-state index is 13.9. The van der Waals surface area contributed by atoms with E-state index in [2.05, 4.69) is 52.3 Å². The van der Waals surface area contributed by atoms with Crippen LogP contribution in [0.4, 0.5) is 0 Å². The number of hydrazine groups is 1. The zero-order chi connectivity index (χ0) is 29.4. The van der Waals surface area contributed by atoms with Gasteiger partial charge in [-0.1, -0.05) is 48.7 Å². The van der Waals surface area contributed by atoms with E-state index in [1.165, 1.54) is 0 Å². The van der Waals surface area contributed by atoms with E-state index in [4.69, 9.17) is 28.2 Å². The number of nitrogens with zero attached hydrogens (tertiary/aromatic N) is 6. The highest BCUT2D eigenvalue weighted by atomic mass is 35.5. The Morgan fingerprint density at radius 2 is 1.90 bits per heavy atom. The maximum absolute atomic E-state index is 13.9. The van der Waals surface area contributed by atoms with Crippen LogP contribution in [-0.2, 0) is 0 Å². The smallest absolute Gasteiger partial charge is 0.254 e. The van der Waals surface area contributed by atoms with Crippen LogP contribution in [0.15, 0.2) is 41.6 Å². The molecule has 5 heterocycles. The zero-order valence-corrected chi connectivity index (χ0v) is 26.0. The van der Waals surface area contributed by atoms with Crippen LogP contribution in [0, 0.1) is 17.8 Å². The first kappa shape index (κ1) is 29.7. The van der Waals surface area contributed by atoms with Crippen molar-refractivity contribution < 1.29 is 0 Å². The molecule has 3 fully saturated rings. The first-order valence-electron chi connectivity index (χ1n) is 15.2. The second-order valence-electron chi connectivity index (χ2n) is 12.5. The Kier molecular flexibility index (Phi) is 9.00. The molecular weight excluding hydrogens is 573 g/mol. The molecule has 3 saturated heterocycles. The largest absolute Gasteiger partial charge is 0.312 e. The van der Waals surface area contributed by atoms with Gasteiger partial charge >= 0.3 is 0 Å². The molecule has 0 radical (unpaired) electrons. The molecule has 3 N–H and O–H groups in total. The summed E-state index contributed by atoms with van der Waals surface area (Å²) >= 11 is 12.4. The van der Waals surface area contributed by atoms with E-state index < -0.39 is 0 Å². The van der Waals surface area contributed by atoms with E-state index in [0.29, 0.717) is 51.8 Å². The van der Waals surface area contributed by atoms with E-state index in [9.17, 15) is 4.79 Å². The standard InChI is InChI=1S/C30H41Cl2N9O/c1-18(2)20-5-4-6-27(24-11-19(9-10-33-24)30-25(34-14-20)15-36-39(30)3)40-17-35-23(13-29(40)42)22-12-21(31)7-8-26(22)41-16-28(32)37-38-41/h7-8,12-13,16-20,24-25,27,30,33-34,36H,4-6,9-11,14-15H2,1-3H3/t19?,20-,24?,25?,27+,30?/m1/s1. The summed E-state index contributed by atoms with van der Waals surface area (Å²) in [5.41, 5.74) is 5.45. The van der Waals surface area contributed by atoms with E-state index in [-0.39, 0.29) is 22.8 Å². The SMILES string of the molecule is CC(C)[C@@H]1CCC[C@H](n2cnc(-c3cc(Cl)ccc3-n3cc(Cl)nn3)cc2=O)C2CC(CCN2)C2C(CNN2C)NC1. The average molecular weight is 615 g/mol. The molecule has 10 nitrogen and oxygen atoms in total. The molecule has 3 aliphatic heterocycles. The van der Waals surface area contributed by atoms with Crippen LogP contribution < -0.4 is 21.6 Å².